The summed E-state index contributed by atoms with van der Waals surface area (Å²) in [5, 5.41) is 19.6. The van der Waals surface area contributed by atoms with E-state index in [1.807, 2.05) is 116 Å². The summed E-state index contributed by atoms with van der Waals surface area (Å²) in [5.41, 5.74) is 7.29. The van der Waals surface area contributed by atoms with Crippen LogP contribution in [-0.2, 0) is 12.8 Å². The Kier molecular flexibility index (Phi) is 26.7. The van der Waals surface area contributed by atoms with Gasteiger partial charge in [-0.1, -0.05) is 201 Å². The van der Waals surface area contributed by atoms with E-state index in [9.17, 15) is 0 Å². The van der Waals surface area contributed by atoms with Crippen LogP contribution in [0.1, 0.15) is 150 Å². The molecule has 8 heterocycles. The Morgan fingerprint density at radius 3 is 0.864 bits per heavy atom. The monoisotopic (exact) mass is 1620 g/mol. The van der Waals surface area contributed by atoms with Crippen LogP contribution in [0.25, 0.3) is 147 Å². The van der Waals surface area contributed by atoms with Gasteiger partial charge in [0.2, 0.25) is 0 Å². The number of thiophene rings is 2. The van der Waals surface area contributed by atoms with E-state index in [0.29, 0.717) is 0 Å². The molecule has 0 atom stereocenters. The fraction of sp³-hybridized carbons (Fsp3) is 0.277. The first-order chi connectivity index (χ1) is 54.0. The van der Waals surface area contributed by atoms with E-state index in [4.69, 9.17) is 19.9 Å². The Balaban J connectivity index is 0.000000131. The number of thiazole rings is 6. The number of aromatic nitrogens is 6. The first-order valence-electron chi connectivity index (χ1n) is 39.1. The smallest absolute Gasteiger partial charge is 0.150 e. The molecule has 0 saturated carbocycles. The molecule has 0 saturated heterocycles. The highest BCUT2D eigenvalue weighted by Crippen LogP contribution is 2.43. The van der Waals surface area contributed by atoms with Gasteiger partial charge in [-0.25, -0.2) is 29.9 Å². The van der Waals surface area contributed by atoms with Crippen molar-refractivity contribution in [3.63, 3.8) is 0 Å². The van der Waals surface area contributed by atoms with Gasteiger partial charge in [0.05, 0.1) is 19.5 Å². The van der Waals surface area contributed by atoms with Crippen molar-refractivity contribution in [2.75, 3.05) is 11.5 Å². The Morgan fingerprint density at radius 2 is 0.536 bits per heavy atom. The van der Waals surface area contributed by atoms with Crippen molar-refractivity contribution in [2.45, 2.75) is 166 Å². The van der Waals surface area contributed by atoms with E-state index in [-0.39, 0.29) is 0 Å². The Morgan fingerprint density at radius 1 is 0.236 bits per heavy atom. The second-order valence-corrected chi connectivity index (χ2v) is 40.1. The van der Waals surface area contributed by atoms with Gasteiger partial charge in [-0.15, -0.1) is 90.7 Å². The third-order valence-electron chi connectivity index (χ3n) is 20.0. The second kappa shape index (κ2) is 37.8. The molecule has 17 rings (SSSR count). The fourth-order valence-corrected chi connectivity index (χ4v) is 23.6. The average molecular weight is 1630 g/mol. The molecule has 558 valence electrons. The summed E-state index contributed by atoms with van der Waals surface area (Å²) in [4.78, 5) is 41.3. The number of thioether (sulfide) groups is 2. The van der Waals surface area contributed by atoms with Gasteiger partial charge in [0.15, 0.2) is 0 Å². The van der Waals surface area contributed by atoms with Crippen molar-refractivity contribution in [2.24, 2.45) is 0 Å². The first kappa shape index (κ1) is 77.7. The summed E-state index contributed by atoms with van der Waals surface area (Å²) in [6.45, 7) is 13.3. The van der Waals surface area contributed by atoms with E-state index in [2.05, 4.69) is 234 Å². The van der Waals surface area contributed by atoms with Gasteiger partial charge in [0.25, 0.3) is 0 Å². The third-order valence-corrected chi connectivity index (χ3v) is 31.3. The van der Waals surface area contributed by atoms with E-state index in [1.54, 1.807) is 22.7 Å². The van der Waals surface area contributed by atoms with E-state index >= 15 is 0 Å². The van der Waals surface area contributed by atoms with Crippen LogP contribution in [0.3, 0.4) is 0 Å². The van der Waals surface area contributed by atoms with Crippen LogP contribution in [0.4, 0.5) is 0 Å². The Bertz CT molecular complexity index is 5550. The molecule has 0 unspecified atom stereocenters. The lowest BCUT2D eigenvalue weighted by atomic mass is 9.99. The highest BCUT2D eigenvalue weighted by Gasteiger charge is 2.16. The summed E-state index contributed by atoms with van der Waals surface area (Å²) < 4.78 is 2.37. The Hall–Kier alpha value is -7.58. The summed E-state index contributed by atoms with van der Waals surface area (Å²) in [6, 6.07) is 63.1. The molecule has 0 N–H and O–H groups in total. The first-order valence-corrected chi connectivity index (χ1v) is 47.6. The lowest BCUT2D eigenvalue weighted by Crippen LogP contribution is -1.81. The van der Waals surface area contributed by atoms with Crippen molar-refractivity contribution in [3.05, 3.63) is 227 Å². The standard InChI is InChI=1S/C32H36N2S4.C32H36N2S2.C30H20N2S4/c1-3-5-7-9-15-35-31-33-21-29(37-31)25-13-11-23-18-28-20-26(14-12-24(28)17-27(23)19-25)30-22-34-32(38-30)36-16-10-8-6-4-2;1-3-5-7-9-11-29-21-33-31(35-29)25-15-13-23-18-28-20-26(16-14-24(28)17-27(23)19-25)32-34-22-30(36-32)12-10-8-6-4-2;1-17-3-9-25(33-17)27-15-31-29(35-27)21-7-5-19-12-24-14-22(8-6-20(24)11-23(19)13-21)30-32-16-28(36-30)26-10-4-18(2)34-26/h11-14,17-22H,3-10,15-16H2,1-2H3;13-22H,3-12H2,1-2H3;3-16H,1-2H3. The predicted molar refractivity (Wildman–Crippen MR) is 493 cm³/mol. The molecule has 16 heteroatoms. The molecule has 0 spiro atoms. The maximum atomic E-state index is 4.74. The number of unbranched alkanes of at least 4 members (excludes halogenated alkanes) is 12. The quantitative estimate of drug-likeness (QED) is 0.0250. The summed E-state index contributed by atoms with van der Waals surface area (Å²) in [5.74, 6) is 2.33. The Labute approximate surface area is 688 Å². The van der Waals surface area contributed by atoms with Gasteiger partial charge in [-0.2, -0.15) is 0 Å². The van der Waals surface area contributed by atoms with Crippen LogP contribution >= 0.6 is 114 Å². The predicted octanol–water partition coefficient (Wildman–Crippen LogP) is 32.4. The van der Waals surface area contributed by atoms with Crippen molar-refractivity contribution in [1.82, 2.24) is 29.9 Å². The van der Waals surface area contributed by atoms with Crippen molar-refractivity contribution >= 4 is 179 Å². The minimum Gasteiger partial charge on any atom is -0.244 e. The molecule has 110 heavy (non-hydrogen) atoms. The minimum atomic E-state index is 1.06. The molecule has 8 aromatic heterocycles. The summed E-state index contributed by atoms with van der Waals surface area (Å²) >= 11 is 18.3. The number of aryl methyl sites for hydroxylation is 4. The molecule has 0 radical (unpaired) electrons. The molecule has 6 nitrogen and oxygen atoms in total. The minimum absolute atomic E-state index is 1.06. The van der Waals surface area contributed by atoms with Gasteiger partial charge in [-0.3, -0.25) is 0 Å². The van der Waals surface area contributed by atoms with Gasteiger partial charge in [-0.05, 0) is 225 Å². The molecule has 0 aliphatic carbocycles. The highest BCUT2D eigenvalue weighted by molar-refractivity contribution is 8.01. The number of hydrogen-bond acceptors (Lipinski definition) is 16. The third kappa shape index (κ3) is 19.7. The number of benzene rings is 9. The molecule has 0 aliphatic rings. The lowest BCUT2D eigenvalue weighted by molar-refractivity contribution is 0.670. The van der Waals surface area contributed by atoms with E-state index < -0.39 is 0 Å². The van der Waals surface area contributed by atoms with Gasteiger partial charge in [0, 0.05) is 100 Å². The summed E-state index contributed by atoms with van der Waals surface area (Å²) in [6.07, 6.45) is 35.4. The lowest BCUT2D eigenvalue weighted by Gasteiger charge is -2.06. The van der Waals surface area contributed by atoms with Crippen molar-refractivity contribution in [1.29, 1.82) is 0 Å². The van der Waals surface area contributed by atoms with Crippen molar-refractivity contribution in [3.8, 4) is 82.7 Å². The van der Waals surface area contributed by atoms with E-state index in [1.165, 1.54) is 270 Å². The number of hydrogen-bond donors (Lipinski definition) is 0. The maximum Gasteiger partial charge on any atom is 0.150 e. The molecule has 17 aromatic rings. The van der Waals surface area contributed by atoms with Crippen LogP contribution in [0.2, 0.25) is 0 Å². The van der Waals surface area contributed by atoms with Gasteiger partial charge < -0.3 is 0 Å². The van der Waals surface area contributed by atoms with Crippen LogP contribution in [0.5, 0.6) is 0 Å². The van der Waals surface area contributed by atoms with Crippen LogP contribution in [-0.4, -0.2) is 41.4 Å². The topological polar surface area (TPSA) is 77.3 Å². The fourth-order valence-electron chi connectivity index (χ4n) is 13.9. The van der Waals surface area contributed by atoms with Crippen LogP contribution in [0, 0.1) is 13.8 Å². The molecule has 0 aliphatic heterocycles. The normalized spacial score (nSPS) is 11.6. The molecule has 9 aromatic carbocycles. The number of fused-ring (bicyclic) bond motifs is 6. The molecular formula is C94H92N6S10. The molecular weight excluding hydrogens is 1530 g/mol. The summed E-state index contributed by atoms with van der Waals surface area (Å²) in [7, 11) is 0. The zero-order valence-electron chi connectivity index (χ0n) is 63.5. The average Bonchev–Trinajstić information content (AvgIpc) is 1.07. The van der Waals surface area contributed by atoms with E-state index in [0.717, 1.165) is 32.9 Å². The number of rotatable bonds is 30. The second-order valence-electron chi connectivity index (χ2n) is 28.5. The number of nitrogens with zero attached hydrogens (tertiary/aromatic N) is 6. The van der Waals surface area contributed by atoms with Gasteiger partial charge in [0.1, 0.15) is 28.7 Å². The SMILES string of the molecule is CCCCCCSc1ncc(-c2ccc3cc4cc(-c5cnc(SCCCCCC)s5)ccc4cc3c2)s1.CCCCCCc1cnc(-c2ccc3cc4cc(-c5ncc(CCCCCC)s5)ccc4cc3c2)s1.Cc1ccc(-c2cnc(-c3ccc4cc5cc(-c6ncc(-c7ccc(C)s7)s6)ccc5cc4c3)s2)s1. The molecule has 0 amide bonds. The maximum absolute atomic E-state index is 4.74. The van der Waals surface area contributed by atoms with Crippen LogP contribution < -0.4 is 0 Å². The zero-order valence-corrected chi connectivity index (χ0v) is 71.7. The molecule has 0 fully saturated rings. The largest absolute Gasteiger partial charge is 0.244 e. The van der Waals surface area contributed by atoms with Crippen molar-refractivity contribution < 1.29 is 0 Å². The zero-order chi connectivity index (χ0) is 75.1. The van der Waals surface area contributed by atoms with Crippen LogP contribution in [0.15, 0.2) is 216 Å². The molecule has 0 bridgehead atoms. The highest BCUT2D eigenvalue weighted by atomic mass is 32.2. The van der Waals surface area contributed by atoms with Gasteiger partial charge >= 0.3 is 0 Å².